The molecule has 1 saturated heterocycles. The lowest BCUT2D eigenvalue weighted by Gasteiger charge is -2.08. The van der Waals surface area contributed by atoms with E-state index in [0.717, 1.165) is 0 Å². The van der Waals surface area contributed by atoms with E-state index < -0.39 is 18.0 Å². The highest BCUT2D eigenvalue weighted by Crippen LogP contribution is 2.14. The third-order valence-corrected chi connectivity index (χ3v) is 2.26. The van der Waals surface area contributed by atoms with E-state index in [9.17, 15) is 9.59 Å². The van der Waals surface area contributed by atoms with E-state index >= 15 is 0 Å². The van der Waals surface area contributed by atoms with Crippen molar-refractivity contribution in [2.45, 2.75) is 12.5 Å². The molecule has 5 nitrogen and oxygen atoms in total. The molecule has 1 aliphatic rings. The van der Waals surface area contributed by atoms with E-state index in [1.54, 1.807) is 18.2 Å². The first-order valence-electron chi connectivity index (χ1n) is 4.90. The first-order valence-corrected chi connectivity index (χ1v) is 4.90. The number of hydrogen-bond acceptors (Lipinski definition) is 5. The molecule has 1 aromatic carbocycles. The number of nitrogens with two attached hydrogens (primary N) is 1. The summed E-state index contributed by atoms with van der Waals surface area (Å²) in [5.74, 6) is -1.05. The maximum Gasteiger partial charge on any atom is 0.347 e. The van der Waals surface area contributed by atoms with Crippen molar-refractivity contribution in [2.75, 3.05) is 12.3 Å². The zero-order valence-electron chi connectivity index (χ0n) is 8.51. The van der Waals surface area contributed by atoms with E-state index in [2.05, 4.69) is 4.74 Å². The Morgan fingerprint density at radius 1 is 1.50 bits per heavy atom. The molecular weight excluding hydrogens is 210 g/mol. The number of nitrogen functional groups attached to an aromatic ring is 1. The van der Waals surface area contributed by atoms with Gasteiger partial charge in [0.1, 0.15) is 0 Å². The average molecular weight is 221 g/mol. The molecule has 0 bridgehead atoms. The predicted molar refractivity (Wildman–Crippen MR) is 55.6 cm³/mol. The summed E-state index contributed by atoms with van der Waals surface area (Å²) in [6, 6.07) is 6.40. The smallest absolute Gasteiger partial charge is 0.347 e. The van der Waals surface area contributed by atoms with Gasteiger partial charge in [0.05, 0.1) is 12.2 Å². The molecule has 1 heterocycles. The van der Waals surface area contributed by atoms with Crippen LogP contribution in [0.15, 0.2) is 24.3 Å². The van der Waals surface area contributed by atoms with Gasteiger partial charge in [-0.1, -0.05) is 6.07 Å². The number of ether oxygens (including phenoxy) is 2. The summed E-state index contributed by atoms with van der Waals surface area (Å²) in [6.45, 7) is 0.299. The van der Waals surface area contributed by atoms with E-state index in [0.29, 0.717) is 24.3 Å². The molecular formula is C11H11NO4. The Morgan fingerprint density at radius 2 is 2.31 bits per heavy atom. The van der Waals surface area contributed by atoms with E-state index in [4.69, 9.17) is 10.5 Å². The second-order valence-electron chi connectivity index (χ2n) is 3.48. The molecule has 16 heavy (non-hydrogen) atoms. The quantitative estimate of drug-likeness (QED) is 0.588. The number of anilines is 1. The minimum Gasteiger partial charge on any atom is -0.463 e. The highest BCUT2D eigenvalue weighted by molar-refractivity contribution is 5.92. The Balaban J connectivity index is 2.05. The third kappa shape index (κ3) is 2.13. The Kier molecular flexibility index (Phi) is 2.76. The monoisotopic (exact) mass is 221 g/mol. The molecule has 0 spiro atoms. The standard InChI is InChI=1S/C11H11NO4/c12-8-3-1-2-7(6-8)10(13)16-9-4-5-15-11(9)14/h1-3,6,9H,4-5,12H2. The lowest BCUT2D eigenvalue weighted by atomic mass is 10.2. The van der Waals surface area contributed by atoms with Gasteiger partial charge in [-0.05, 0) is 18.2 Å². The second kappa shape index (κ2) is 4.22. The normalized spacial score (nSPS) is 19.2. The maximum atomic E-state index is 11.6. The first kappa shape index (κ1) is 10.5. The summed E-state index contributed by atoms with van der Waals surface area (Å²) in [5, 5.41) is 0. The minimum absolute atomic E-state index is 0.299. The van der Waals surface area contributed by atoms with Crippen molar-refractivity contribution >= 4 is 17.6 Å². The second-order valence-corrected chi connectivity index (χ2v) is 3.48. The third-order valence-electron chi connectivity index (χ3n) is 2.26. The largest absolute Gasteiger partial charge is 0.463 e. The van der Waals surface area contributed by atoms with Gasteiger partial charge in [0.25, 0.3) is 0 Å². The molecule has 5 heteroatoms. The Labute approximate surface area is 92.1 Å². The van der Waals surface area contributed by atoms with Crippen LogP contribution in [0.1, 0.15) is 16.8 Å². The summed E-state index contributed by atoms with van der Waals surface area (Å²) in [5.41, 5.74) is 6.34. The van der Waals surface area contributed by atoms with Gasteiger partial charge in [-0.3, -0.25) is 0 Å². The fourth-order valence-corrected chi connectivity index (χ4v) is 1.45. The summed E-state index contributed by atoms with van der Waals surface area (Å²) >= 11 is 0. The van der Waals surface area contributed by atoms with Crippen LogP contribution in [0.4, 0.5) is 5.69 Å². The zero-order chi connectivity index (χ0) is 11.5. The van der Waals surface area contributed by atoms with Crippen LogP contribution < -0.4 is 5.73 Å². The van der Waals surface area contributed by atoms with Crippen LogP contribution in [0.5, 0.6) is 0 Å². The molecule has 1 aromatic rings. The average Bonchev–Trinajstić information content (AvgIpc) is 2.64. The number of hydrogen-bond donors (Lipinski definition) is 1. The van der Waals surface area contributed by atoms with Gasteiger partial charge in [0.2, 0.25) is 6.10 Å². The van der Waals surface area contributed by atoms with Gasteiger partial charge in [-0.25, -0.2) is 9.59 Å². The number of rotatable bonds is 2. The van der Waals surface area contributed by atoms with Crippen molar-refractivity contribution in [2.24, 2.45) is 0 Å². The number of carbonyl (C=O) groups excluding carboxylic acids is 2. The highest BCUT2D eigenvalue weighted by atomic mass is 16.6. The van der Waals surface area contributed by atoms with Crippen LogP contribution in [0, 0.1) is 0 Å². The summed E-state index contributed by atoms with van der Waals surface area (Å²) < 4.78 is 9.68. The molecule has 1 aliphatic heterocycles. The first-order chi connectivity index (χ1) is 7.66. The maximum absolute atomic E-state index is 11.6. The van der Waals surface area contributed by atoms with Crippen molar-refractivity contribution < 1.29 is 19.1 Å². The molecule has 0 radical (unpaired) electrons. The molecule has 2 N–H and O–H groups in total. The van der Waals surface area contributed by atoms with Gasteiger partial charge in [0.15, 0.2) is 0 Å². The summed E-state index contributed by atoms with van der Waals surface area (Å²) in [6.07, 6.45) is -0.374. The van der Waals surface area contributed by atoms with E-state index in [1.165, 1.54) is 6.07 Å². The van der Waals surface area contributed by atoms with Gasteiger partial charge in [0, 0.05) is 12.1 Å². The van der Waals surface area contributed by atoms with Crippen LogP contribution in [-0.4, -0.2) is 24.6 Å². The fraction of sp³-hybridized carbons (Fsp3) is 0.273. The fourth-order valence-electron chi connectivity index (χ4n) is 1.45. The van der Waals surface area contributed by atoms with Crippen LogP contribution in [0.25, 0.3) is 0 Å². The summed E-state index contributed by atoms with van der Waals surface area (Å²) in [7, 11) is 0. The van der Waals surface area contributed by atoms with Crippen LogP contribution in [0.2, 0.25) is 0 Å². The van der Waals surface area contributed by atoms with Crippen LogP contribution >= 0.6 is 0 Å². The highest BCUT2D eigenvalue weighted by Gasteiger charge is 2.30. The van der Waals surface area contributed by atoms with Gasteiger partial charge in [-0.15, -0.1) is 0 Å². The molecule has 0 aromatic heterocycles. The predicted octanol–water partition coefficient (Wildman–Crippen LogP) is 0.741. The Morgan fingerprint density at radius 3 is 2.94 bits per heavy atom. The van der Waals surface area contributed by atoms with Crippen LogP contribution in [0.3, 0.4) is 0 Å². The number of carbonyl (C=O) groups is 2. The minimum atomic E-state index is -0.783. The van der Waals surface area contributed by atoms with Crippen molar-refractivity contribution in [3.05, 3.63) is 29.8 Å². The van der Waals surface area contributed by atoms with Crippen LogP contribution in [-0.2, 0) is 14.3 Å². The zero-order valence-corrected chi connectivity index (χ0v) is 8.51. The Bertz CT molecular complexity index is 430. The number of esters is 2. The lowest BCUT2D eigenvalue weighted by Crippen LogP contribution is -2.22. The van der Waals surface area contributed by atoms with Crippen molar-refractivity contribution in [3.63, 3.8) is 0 Å². The van der Waals surface area contributed by atoms with Gasteiger partial charge in [-0.2, -0.15) is 0 Å². The molecule has 1 fully saturated rings. The molecule has 1 unspecified atom stereocenters. The molecule has 0 saturated carbocycles. The number of benzene rings is 1. The van der Waals surface area contributed by atoms with Crippen molar-refractivity contribution in [1.29, 1.82) is 0 Å². The van der Waals surface area contributed by atoms with E-state index in [-0.39, 0.29) is 0 Å². The van der Waals surface area contributed by atoms with Crippen molar-refractivity contribution in [3.8, 4) is 0 Å². The topological polar surface area (TPSA) is 78.6 Å². The van der Waals surface area contributed by atoms with Crippen molar-refractivity contribution in [1.82, 2.24) is 0 Å². The van der Waals surface area contributed by atoms with Gasteiger partial charge < -0.3 is 15.2 Å². The van der Waals surface area contributed by atoms with E-state index in [1.807, 2.05) is 0 Å². The Hall–Kier alpha value is -2.04. The number of cyclic esters (lactones) is 1. The molecule has 2 rings (SSSR count). The SMILES string of the molecule is Nc1cccc(C(=O)OC2CCOC2=O)c1. The van der Waals surface area contributed by atoms with Gasteiger partial charge >= 0.3 is 11.9 Å². The molecule has 0 aliphatic carbocycles. The molecule has 84 valence electrons. The lowest BCUT2D eigenvalue weighted by molar-refractivity contribution is -0.145. The molecule has 0 amide bonds. The molecule has 1 atom stereocenters. The summed E-state index contributed by atoms with van der Waals surface area (Å²) in [4.78, 5) is 22.7.